The maximum Gasteiger partial charge on any atom is 0.259 e. The zero-order valence-electron chi connectivity index (χ0n) is 16.5. The SMILES string of the molecule is O=c1cc(N2CCOCC2)nc2c(-c3cccc4c3sc3ccc(I)cc34)cccn12. The van der Waals surface area contributed by atoms with Gasteiger partial charge in [0.15, 0.2) is 0 Å². The predicted molar refractivity (Wildman–Crippen MR) is 136 cm³/mol. The van der Waals surface area contributed by atoms with Crippen LogP contribution in [0.25, 0.3) is 36.9 Å². The number of rotatable bonds is 2. The second-order valence-corrected chi connectivity index (χ2v) is 9.89. The van der Waals surface area contributed by atoms with Crippen molar-refractivity contribution in [1.82, 2.24) is 9.38 Å². The van der Waals surface area contributed by atoms with Gasteiger partial charge in [0, 0.05) is 60.2 Å². The van der Waals surface area contributed by atoms with Gasteiger partial charge in [-0.15, -0.1) is 11.3 Å². The molecular formula is C24H18IN3O2S. The zero-order chi connectivity index (χ0) is 20.9. The Hall–Kier alpha value is -2.49. The second-order valence-electron chi connectivity index (χ2n) is 7.59. The van der Waals surface area contributed by atoms with Gasteiger partial charge in [-0.05, 0) is 52.9 Å². The van der Waals surface area contributed by atoms with Crippen molar-refractivity contribution in [3.8, 4) is 11.1 Å². The van der Waals surface area contributed by atoms with E-state index in [1.165, 1.54) is 23.7 Å². The fourth-order valence-corrected chi connectivity index (χ4v) is 5.96. The molecule has 5 aromatic rings. The van der Waals surface area contributed by atoms with Gasteiger partial charge in [0.25, 0.3) is 5.56 Å². The molecule has 3 aromatic heterocycles. The number of thiophene rings is 1. The molecule has 4 heterocycles. The van der Waals surface area contributed by atoms with Crippen LogP contribution in [-0.2, 0) is 4.74 Å². The van der Waals surface area contributed by atoms with Gasteiger partial charge < -0.3 is 9.64 Å². The molecule has 2 aromatic carbocycles. The second kappa shape index (κ2) is 7.58. The van der Waals surface area contributed by atoms with E-state index in [9.17, 15) is 4.79 Å². The fourth-order valence-electron chi connectivity index (χ4n) is 4.26. The van der Waals surface area contributed by atoms with Crippen molar-refractivity contribution in [1.29, 1.82) is 0 Å². The number of nitrogens with zero attached hydrogens (tertiary/aromatic N) is 3. The minimum absolute atomic E-state index is 0.0635. The topological polar surface area (TPSA) is 46.8 Å². The summed E-state index contributed by atoms with van der Waals surface area (Å²) in [6.07, 6.45) is 1.80. The molecule has 0 unspecified atom stereocenters. The maximum atomic E-state index is 12.9. The van der Waals surface area contributed by atoms with Crippen LogP contribution in [0.4, 0.5) is 5.82 Å². The number of ether oxygens (including phenoxy) is 1. The molecule has 1 aliphatic rings. The minimum atomic E-state index is -0.0635. The lowest BCUT2D eigenvalue weighted by molar-refractivity contribution is 0.122. The fraction of sp³-hybridized carbons (Fsp3) is 0.167. The van der Waals surface area contributed by atoms with Crippen LogP contribution in [0.3, 0.4) is 0 Å². The molecule has 0 N–H and O–H groups in total. The van der Waals surface area contributed by atoms with Crippen molar-refractivity contribution >= 4 is 65.6 Å². The Balaban J connectivity index is 1.62. The van der Waals surface area contributed by atoms with Crippen LogP contribution in [0.5, 0.6) is 0 Å². The van der Waals surface area contributed by atoms with E-state index in [2.05, 4.69) is 70.0 Å². The number of benzene rings is 2. The summed E-state index contributed by atoms with van der Waals surface area (Å²) in [5, 5.41) is 2.51. The Morgan fingerprint density at radius 2 is 1.81 bits per heavy atom. The lowest BCUT2D eigenvalue weighted by Gasteiger charge is -2.27. The number of anilines is 1. The van der Waals surface area contributed by atoms with E-state index in [-0.39, 0.29) is 5.56 Å². The molecule has 0 aliphatic carbocycles. The summed E-state index contributed by atoms with van der Waals surface area (Å²) in [7, 11) is 0. The van der Waals surface area contributed by atoms with Crippen molar-refractivity contribution in [3.05, 3.63) is 74.7 Å². The smallest absolute Gasteiger partial charge is 0.259 e. The molecule has 5 nitrogen and oxygen atoms in total. The lowest BCUT2D eigenvalue weighted by atomic mass is 10.0. The molecule has 1 fully saturated rings. The number of aromatic nitrogens is 2. The maximum absolute atomic E-state index is 12.9. The summed E-state index contributed by atoms with van der Waals surface area (Å²) in [5.74, 6) is 0.721. The van der Waals surface area contributed by atoms with Gasteiger partial charge in [-0.25, -0.2) is 4.98 Å². The Bertz CT molecular complexity index is 1520. The zero-order valence-corrected chi connectivity index (χ0v) is 19.5. The molecule has 31 heavy (non-hydrogen) atoms. The van der Waals surface area contributed by atoms with Crippen LogP contribution in [0.2, 0.25) is 0 Å². The van der Waals surface area contributed by atoms with Crippen LogP contribution in [0.1, 0.15) is 0 Å². The first-order chi connectivity index (χ1) is 15.2. The molecule has 1 aliphatic heterocycles. The third kappa shape index (κ3) is 3.22. The van der Waals surface area contributed by atoms with Crippen LogP contribution < -0.4 is 10.5 Å². The van der Waals surface area contributed by atoms with Gasteiger partial charge in [0.1, 0.15) is 11.5 Å². The highest BCUT2D eigenvalue weighted by Gasteiger charge is 2.17. The summed E-state index contributed by atoms with van der Waals surface area (Å²) >= 11 is 4.15. The largest absolute Gasteiger partial charge is 0.378 e. The number of halogens is 1. The molecule has 0 saturated carbocycles. The molecule has 154 valence electrons. The highest BCUT2D eigenvalue weighted by atomic mass is 127. The average molecular weight is 539 g/mol. The van der Waals surface area contributed by atoms with Gasteiger partial charge in [-0.1, -0.05) is 18.2 Å². The average Bonchev–Trinajstić information content (AvgIpc) is 3.17. The van der Waals surface area contributed by atoms with Crippen LogP contribution in [0, 0.1) is 3.57 Å². The van der Waals surface area contributed by atoms with E-state index in [0.29, 0.717) is 18.9 Å². The van der Waals surface area contributed by atoms with E-state index in [0.717, 1.165) is 30.0 Å². The molecule has 0 spiro atoms. The summed E-state index contributed by atoms with van der Waals surface area (Å²) < 4.78 is 10.8. The minimum Gasteiger partial charge on any atom is -0.378 e. The molecule has 0 radical (unpaired) electrons. The monoisotopic (exact) mass is 539 g/mol. The van der Waals surface area contributed by atoms with Gasteiger partial charge in [-0.3, -0.25) is 9.20 Å². The number of fused-ring (bicyclic) bond motifs is 4. The van der Waals surface area contributed by atoms with E-state index in [1.807, 2.05) is 6.07 Å². The van der Waals surface area contributed by atoms with Gasteiger partial charge in [0.2, 0.25) is 0 Å². The summed E-state index contributed by atoms with van der Waals surface area (Å²) in [6, 6.07) is 18.6. The normalized spacial score (nSPS) is 14.7. The quantitative estimate of drug-likeness (QED) is 0.291. The number of hydrogen-bond acceptors (Lipinski definition) is 5. The van der Waals surface area contributed by atoms with Gasteiger partial charge in [-0.2, -0.15) is 0 Å². The standard InChI is InChI=1S/C24H18IN3O2S/c25-15-6-7-20-19(13-15)17-4-1-3-16(23(17)31-20)18-5-2-8-28-22(29)14-21(26-24(18)28)27-9-11-30-12-10-27/h1-8,13-14H,9-12H2. The van der Waals surface area contributed by atoms with E-state index < -0.39 is 0 Å². The molecule has 0 atom stereocenters. The van der Waals surface area contributed by atoms with E-state index >= 15 is 0 Å². The predicted octanol–water partition coefficient (Wildman–Crippen LogP) is 5.17. The Kier molecular flexibility index (Phi) is 4.70. The highest BCUT2D eigenvalue weighted by Crippen LogP contribution is 2.41. The van der Waals surface area contributed by atoms with Crippen LogP contribution in [0.15, 0.2) is 65.6 Å². The highest BCUT2D eigenvalue weighted by molar-refractivity contribution is 14.1. The molecule has 0 bridgehead atoms. The van der Waals surface area contributed by atoms with E-state index in [4.69, 9.17) is 9.72 Å². The Morgan fingerprint density at radius 1 is 0.968 bits per heavy atom. The summed E-state index contributed by atoms with van der Waals surface area (Å²) in [6.45, 7) is 2.80. The van der Waals surface area contributed by atoms with Crippen molar-refractivity contribution in [2.45, 2.75) is 0 Å². The molecular weight excluding hydrogens is 521 g/mol. The Labute approximate surface area is 196 Å². The number of hydrogen-bond donors (Lipinski definition) is 0. The van der Waals surface area contributed by atoms with Gasteiger partial charge >= 0.3 is 0 Å². The first-order valence-electron chi connectivity index (χ1n) is 10.2. The summed E-state index contributed by atoms with van der Waals surface area (Å²) in [4.78, 5) is 20.0. The van der Waals surface area contributed by atoms with Crippen molar-refractivity contribution < 1.29 is 4.74 Å². The molecule has 1 saturated heterocycles. The molecule has 7 heteroatoms. The third-order valence-corrected chi connectivity index (χ3v) is 7.65. The number of morpholine rings is 1. The molecule has 0 amide bonds. The summed E-state index contributed by atoms with van der Waals surface area (Å²) in [5.41, 5.74) is 2.71. The van der Waals surface area contributed by atoms with Crippen LogP contribution in [-0.4, -0.2) is 35.7 Å². The van der Waals surface area contributed by atoms with Crippen LogP contribution >= 0.6 is 33.9 Å². The first kappa shape index (κ1) is 19.2. The first-order valence-corrected chi connectivity index (χ1v) is 12.0. The lowest BCUT2D eigenvalue weighted by Crippen LogP contribution is -2.37. The third-order valence-electron chi connectivity index (χ3n) is 5.76. The Morgan fingerprint density at radius 3 is 2.68 bits per heavy atom. The van der Waals surface area contributed by atoms with Crippen molar-refractivity contribution in [2.24, 2.45) is 0 Å². The van der Waals surface area contributed by atoms with Crippen molar-refractivity contribution in [3.63, 3.8) is 0 Å². The molecule has 6 rings (SSSR count). The van der Waals surface area contributed by atoms with Crippen molar-refractivity contribution in [2.75, 3.05) is 31.2 Å². The number of pyridine rings is 1. The van der Waals surface area contributed by atoms with E-state index in [1.54, 1.807) is 28.0 Å². The van der Waals surface area contributed by atoms with Gasteiger partial charge in [0.05, 0.1) is 13.2 Å².